The number of nitrogens with zero attached hydrogens (tertiary/aromatic N) is 1. The maximum atomic E-state index is 12.1. The highest BCUT2D eigenvalue weighted by molar-refractivity contribution is 7.91. The van der Waals surface area contributed by atoms with Crippen LogP contribution in [0.3, 0.4) is 0 Å². The maximum absolute atomic E-state index is 12.1. The van der Waals surface area contributed by atoms with Crippen LogP contribution in [-0.4, -0.2) is 32.3 Å². The quantitative estimate of drug-likeness (QED) is 0.896. The number of benzene rings is 1. The minimum absolute atomic E-state index is 0.158. The van der Waals surface area contributed by atoms with Gasteiger partial charge in [0.05, 0.1) is 12.7 Å². The van der Waals surface area contributed by atoms with E-state index in [1.165, 1.54) is 7.11 Å². The predicted octanol–water partition coefficient (Wildman–Crippen LogP) is 1.22. The lowest BCUT2D eigenvalue weighted by Gasteiger charge is -2.29. The molecule has 0 aromatic heterocycles. The summed E-state index contributed by atoms with van der Waals surface area (Å²) in [5, 5.41) is 0. The number of amides is 1. The Morgan fingerprint density at radius 2 is 2.11 bits per heavy atom. The minimum Gasteiger partial charge on any atom is -0.495 e. The van der Waals surface area contributed by atoms with E-state index in [4.69, 9.17) is 4.74 Å². The molecule has 1 aliphatic rings. The molecular weight excluding hydrogens is 256 g/mol. The number of para-hydroxylation sites is 1. The number of fused-ring (bicyclic) bond motifs is 1. The van der Waals surface area contributed by atoms with E-state index >= 15 is 0 Å². The van der Waals surface area contributed by atoms with Gasteiger partial charge in [-0.05, 0) is 18.6 Å². The molecule has 1 N–H and O–H groups in total. The monoisotopic (exact) mass is 270 g/mol. The third-order valence-corrected chi connectivity index (χ3v) is 4.04. The fraction of sp³-hybridized carbons (Fsp3) is 0.364. The Morgan fingerprint density at radius 1 is 1.39 bits per heavy atom. The first-order chi connectivity index (χ1) is 8.51. The van der Waals surface area contributed by atoms with Gasteiger partial charge >= 0.3 is 10.2 Å². The summed E-state index contributed by atoms with van der Waals surface area (Å²) >= 11 is 0. The van der Waals surface area contributed by atoms with Crippen molar-refractivity contribution in [1.29, 1.82) is 0 Å². The number of anilines is 1. The molecule has 0 fully saturated rings. The van der Waals surface area contributed by atoms with Crippen molar-refractivity contribution in [2.75, 3.05) is 18.4 Å². The van der Waals surface area contributed by atoms with Crippen molar-refractivity contribution in [3.05, 3.63) is 23.8 Å². The van der Waals surface area contributed by atoms with Gasteiger partial charge in [0.25, 0.3) is 5.91 Å². The molecule has 0 saturated heterocycles. The van der Waals surface area contributed by atoms with Crippen LogP contribution >= 0.6 is 0 Å². The minimum atomic E-state index is -3.83. The molecule has 0 spiro atoms. The zero-order valence-corrected chi connectivity index (χ0v) is 11.0. The van der Waals surface area contributed by atoms with Crippen LogP contribution in [0.5, 0.6) is 5.75 Å². The van der Waals surface area contributed by atoms with Crippen molar-refractivity contribution in [2.24, 2.45) is 0 Å². The van der Waals surface area contributed by atoms with Crippen molar-refractivity contribution in [1.82, 2.24) is 4.31 Å². The summed E-state index contributed by atoms with van der Waals surface area (Å²) in [6.45, 7) is 1.97. The van der Waals surface area contributed by atoms with Crippen LogP contribution in [0.2, 0.25) is 0 Å². The van der Waals surface area contributed by atoms with E-state index in [1.807, 2.05) is 6.92 Å². The molecule has 1 aromatic rings. The van der Waals surface area contributed by atoms with E-state index in [1.54, 1.807) is 18.2 Å². The van der Waals surface area contributed by atoms with Gasteiger partial charge in [0, 0.05) is 6.54 Å². The highest BCUT2D eigenvalue weighted by atomic mass is 32.2. The van der Waals surface area contributed by atoms with E-state index in [0.29, 0.717) is 17.7 Å². The molecule has 1 heterocycles. The fourth-order valence-corrected chi connectivity index (χ4v) is 3.16. The van der Waals surface area contributed by atoms with Gasteiger partial charge in [0.1, 0.15) is 11.4 Å². The molecule has 0 atom stereocenters. The van der Waals surface area contributed by atoms with Crippen molar-refractivity contribution in [2.45, 2.75) is 13.3 Å². The van der Waals surface area contributed by atoms with Gasteiger partial charge in [-0.25, -0.2) is 4.31 Å². The lowest BCUT2D eigenvalue weighted by Crippen LogP contribution is -2.45. The van der Waals surface area contributed by atoms with E-state index in [9.17, 15) is 13.2 Å². The second-order valence-corrected chi connectivity index (χ2v) is 5.46. The first-order valence-corrected chi connectivity index (χ1v) is 6.97. The number of hydrogen-bond donors (Lipinski definition) is 1. The summed E-state index contributed by atoms with van der Waals surface area (Å²) in [5.74, 6) is -0.190. The van der Waals surface area contributed by atoms with Crippen LogP contribution in [-0.2, 0) is 10.2 Å². The standard InChI is InChI=1S/C11H14N2O4S/c1-3-7-13-11(14)8-5-4-6-9(17-2)10(8)12-18(13,15)16/h4-6,12H,3,7H2,1-2H3. The Labute approximate surface area is 106 Å². The second-order valence-electron chi connectivity index (χ2n) is 3.87. The Balaban J connectivity index is 2.57. The van der Waals surface area contributed by atoms with Gasteiger partial charge in [0.15, 0.2) is 0 Å². The summed E-state index contributed by atoms with van der Waals surface area (Å²) in [6, 6.07) is 4.83. The number of carbonyl (C=O) groups is 1. The number of methoxy groups -OCH3 is 1. The SMILES string of the molecule is CCCN1C(=O)c2cccc(OC)c2NS1(=O)=O. The van der Waals surface area contributed by atoms with Crippen molar-refractivity contribution in [3.63, 3.8) is 0 Å². The lowest BCUT2D eigenvalue weighted by atomic mass is 10.1. The van der Waals surface area contributed by atoms with Gasteiger partial charge in [-0.3, -0.25) is 9.52 Å². The molecule has 0 aliphatic carbocycles. The normalized spacial score (nSPS) is 17.0. The molecule has 1 aliphatic heterocycles. The van der Waals surface area contributed by atoms with E-state index in [2.05, 4.69) is 4.72 Å². The Morgan fingerprint density at radius 3 is 2.72 bits per heavy atom. The van der Waals surface area contributed by atoms with Crippen LogP contribution < -0.4 is 9.46 Å². The number of rotatable bonds is 3. The van der Waals surface area contributed by atoms with Crippen LogP contribution in [0.1, 0.15) is 23.7 Å². The van der Waals surface area contributed by atoms with Crippen LogP contribution in [0.25, 0.3) is 0 Å². The molecule has 98 valence electrons. The largest absolute Gasteiger partial charge is 0.495 e. The Bertz CT molecular complexity index is 583. The van der Waals surface area contributed by atoms with Crippen molar-refractivity contribution < 1.29 is 17.9 Å². The average Bonchev–Trinajstić information content (AvgIpc) is 2.33. The first kappa shape index (κ1) is 12.7. The molecule has 6 nitrogen and oxygen atoms in total. The zero-order chi connectivity index (χ0) is 13.3. The van der Waals surface area contributed by atoms with Crippen molar-refractivity contribution >= 4 is 21.8 Å². The summed E-state index contributed by atoms with van der Waals surface area (Å²) in [7, 11) is -2.40. The van der Waals surface area contributed by atoms with E-state index in [0.717, 1.165) is 4.31 Å². The molecule has 0 radical (unpaired) electrons. The molecule has 0 bridgehead atoms. The average molecular weight is 270 g/mol. The van der Waals surface area contributed by atoms with Gasteiger partial charge in [-0.1, -0.05) is 13.0 Å². The molecule has 1 aromatic carbocycles. The third kappa shape index (κ3) is 1.90. The van der Waals surface area contributed by atoms with Crippen molar-refractivity contribution in [3.8, 4) is 5.75 Å². The number of ether oxygens (including phenoxy) is 1. The Hall–Kier alpha value is -1.76. The van der Waals surface area contributed by atoms with Gasteiger partial charge in [0.2, 0.25) is 0 Å². The van der Waals surface area contributed by atoms with Gasteiger partial charge in [-0.2, -0.15) is 8.42 Å². The first-order valence-electron chi connectivity index (χ1n) is 5.53. The van der Waals surface area contributed by atoms with Crippen LogP contribution in [0.15, 0.2) is 18.2 Å². The summed E-state index contributed by atoms with van der Waals surface area (Å²) in [6.07, 6.45) is 0.561. The Kier molecular flexibility index (Phi) is 3.16. The van der Waals surface area contributed by atoms with Gasteiger partial charge in [-0.15, -0.1) is 0 Å². The van der Waals surface area contributed by atoms with E-state index in [-0.39, 0.29) is 12.2 Å². The summed E-state index contributed by atoms with van der Waals surface area (Å²) < 4.78 is 32.2. The molecule has 18 heavy (non-hydrogen) atoms. The molecule has 1 amide bonds. The zero-order valence-electron chi connectivity index (χ0n) is 10.1. The third-order valence-electron chi connectivity index (χ3n) is 2.65. The topological polar surface area (TPSA) is 75.7 Å². The fourth-order valence-electron chi connectivity index (χ4n) is 1.84. The van der Waals surface area contributed by atoms with Crippen LogP contribution in [0, 0.1) is 0 Å². The van der Waals surface area contributed by atoms with E-state index < -0.39 is 16.1 Å². The molecule has 0 saturated carbocycles. The molecule has 0 unspecified atom stereocenters. The second kappa shape index (κ2) is 4.49. The highest BCUT2D eigenvalue weighted by Crippen LogP contribution is 2.34. The summed E-state index contributed by atoms with van der Waals surface area (Å²) in [4.78, 5) is 12.1. The summed E-state index contributed by atoms with van der Waals surface area (Å²) in [5.41, 5.74) is 0.509. The number of hydrogen-bond acceptors (Lipinski definition) is 4. The smallest absolute Gasteiger partial charge is 0.326 e. The van der Waals surface area contributed by atoms with Crippen LogP contribution in [0.4, 0.5) is 5.69 Å². The predicted molar refractivity (Wildman–Crippen MR) is 66.9 cm³/mol. The highest BCUT2D eigenvalue weighted by Gasteiger charge is 2.36. The lowest BCUT2D eigenvalue weighted by molar-refractivity contribution is 0.0859. The maximum Gasteiger partial charge on any atom is 0.326 e. The number of carbonyl (C=O) groups excluding carboxylic acids is 1. The molecule has 7 heteroatoms. The molecule has 2 rings (SSSR count). The molecular formula is C11H14N2O4S. The van der Waals surface area contributed by atoms with Gasteiger partial charge < -0.3 is 4.74 Å². The number of nitrogens with one attached hydrogen (secondary N) is 1.